The van der Waals surface area contributed by atoms with Gasteiger partial charge in [-0.2, -0.15) is 0 Å². The van der Waals surface area contributed by atoms with E-state index in [9.17, 15) is 9.59 Å². The minimum absolute atomic E-state index is 0.0718. The largest absolute Gasteiger partial charge is 0.457 e. The Hall–Kier alpha value is -4.58. The third-order valence-corrected chi connectivity index (χ3v) is 5.18. The van der Waals surface area contributed by atoms with Gasteiger partial charge in [-0.1, -0.05) is 60.2 Å². The molecule has 0 saturated carbocycles. The van der Waals surface area contributed by atoms with Crippen LogP contribution in [0.25, 0.3) is 17.4 Å². The molecule has 0 aliphatic rings. The second-order valence-electron chi connectivity index (χ2n) is 7.87. The number of furan rings is 1. The van der Waals surface area contributed by atoms with Gasteiger partial charge in [0.2, 0.25) is 0 Å². The Kier molecular flexibility index (Phi) is 6.89. The second kappa shape index (κ2) is 10.4. The van der Waals surface area contributed by atoms with Crippen LogP contribution in [0.5, 0.6) is 0 Å². The summed E-state index contributed by atoms with van der Waals surface area (Å²) < 4.78 is 5.93. The van der Waals surface area contributed by atoms with E-state index in [2.05, 4.69) is 10.6 Å². The smallest absolute Gasteiger partial charge is 0.268 e. The van der Waals surface area contributed by atoms with Gasteiger partial charge in [0.25, 0.3) is 11.8 Å². The Morgan fingerprint density at radius 1 is 0.912 bits per heavy atom. The van der Waals surface area contributed by atoms with Crippen LogP contribution in [-0.2, 0) is 11.3 Å². The zero-order valence-electron chi connectivity index (χ0n) is 18.7. The van der Waals surface area contributed by atoms with Crippen molar-refractivity contribution in [3.05, 3.63) is 119 Å². The molecule has 3 aromatic carbocycles. The van der Waals surface area contributed by atoms with Crippen molar-refractivity contribution >= 4 is 23.6 Å². The van der Waals surface area contributed by atoms with E-state index >= 15 is 0 Å². The number of nitrogens with two attached hydrogens (primary N) is 1. The molecule has 1 aromatic heterocycles. The Labute approximate surface area is 198 Å². The lowest BCUT2D eigenvalue weighted by molar-refractivity contribution is -0.117. The lowest BCUT2D eigenvalue weighted by atomic mass is 10.1. The van der Waals surface area contributed by atoms with Crippen molar-refractivity contribution in [1.82, 2.24) is 10.6 Å². The Bertz CT molecular complexity index is 1320. The van der Waals surface area contributed by atoms with E-state index in [0.29, 0.717) is 22.8 Å². The van der Waals surface area contributed by atoms with E-state index in [1.807, 2.05) is 55.5 Å². The summed E-state index contributed by atoms with van der Waals surface area (Å²) in [5.41, 5.74) is 9.87. The van der Waals surface area contributed by atoms with Crippen molar-refractivity contribution in [3.63, 3.8) is 0 Å². The van der Waals surface area contributed by atoms with Gasteiger partial charge in [-0.15, -0.1) is 0 Å². The van der Waals surface area contributed by atoms with Crippen LogP contribution in [0.15, 0.2) is 101 Å². The minimum atomic E-state index is -0.444. The van der Waals surface area contributed by atoms with Crippen molar-refractivity contribution in [2.75, 3.05) is 5.73 Å². The number of benzene rings is 3. The first kappa shape index (κ1) is 22.6. The van der Waals surface area contributed by atoms with E-state index in [4.69, 9.17) is 10.2 Å². The number of hydrogen-bond acceptors (Lipinski definition) is 4. The fraction of sp³-hybridized carbons (Fsp3) is 0.0714. The number of nitrogen functional groups attached to an aromatic ring is 1. The van der Waals surface area contributed by atoms with Gasteiger partial charge in [-0.05, 0) is 48.9 Å². The van der Waals surface area contributed by atoms with Crippen molar-refractivity contribution in [1.29, 1.82) is 0 Å². The Morgan fingerprint density at radius 2 is 1.68 bits per heavy atom. The molecule has 6 heteroatoms. The lowest BCUT2D eigenvalue weighted by Crippen LogP contribution is -2.34. The fourth-order valence-electron chi connectivity index (χ4n) is 3.37. The molecule has 34 heavy (non-hydrogen) atoms. The number of rotatable bonds is 7. The molecule has 4 rings (SSSR count). The molecule has 0 aliphatic heterocycles. The summed E-state index contributed by atoms with van der Waals surface area (Å²) in [4.78, 5) is 25.8. The molecular formula is C28H25N3O3. The number of nitrogens with one attached hydrogen (secondary N) is 2. The number of anilines is 1. The molecule has 4 aromatic rings. The summed E-state index contributed by atoms with van der Waals surface area (Å²) in [5.74, 6) is 0.273. The topological polar surface area (TPSA) is 97.4 Å². The molecule has 1 heterocycles. The molecular weight excluding hydrogens is 426 g/mol. The van der Waals surface area contributed by atoms with Crippen LogP contribution in [0.4, 0.5) is 5.69 Å². The predicted octanol–water partition coefficient (Wildman–Crippen LogP) is 4.92. The summed E-state index contributed by atoms with van der Waals surface area (Å²) >= 11 is 0. The van der Waals surface area contributed by atoms with E-state index in [1.165, 1.54) is 6.08 Å². The molecule has 0 aliphatic carbocycles. The predicted molar refractivity (Wildman–Crippen MR) is 133 cm³/mol. The van der Waals surface area contributed by atoms with Gasteiger partial charge in [0.1, 0.15) is 17.2 Å². The van der Waals surface area contributed by atoms with Gasteiger partial charge >= 0.3 is 0 Å². The molecule has 170 valence electrons. The zero-order valence-corrected chi connectivity index (χ0v) is 18.7. The highest BCUT2D eigenvalue weighted by atomic mass is 16.3. The zero-order chi connectivity index (χ0) is 23.9. The number of hydrogen-bond donors (Lipinski definition) is 3. The van der Waals surface area contributed by atoms with E-state index in [1.54, 1.807) is 42.5 Å². The Balaban J connectivity index is 1.57. The molecule has 0 fully saturated rings. The van der Waals surface area contributed by atoms with Crippen molar-refractivity contribution in [2.24, 2.45) is 0 Å². The van der Waals surface area contributed by atoms with E-state index in [-0.39, 0.29) is 12.2 Å². The standard InChI is InChI=1S/C28H25N3O3/c1-19-10-12-21(13-11-19)26-15-14-24(34-26)17-25(31-27(32)22-7-3-2-4-8-22)28(33)30-18-20-6-5-9-23(29)16-20/h2-17H,18,29H2,1H3,(H,30,33)(H,31,32). The number of aryl methyl sites for hydroxylation is 1. The molecule has 6 nitrogen and oxygen atoms in total. The van der Waals surface area contributed by atoms with Crippen molar-refractivity contribution in [2.45, 2.75) is 13.5 Å². The minimum Gasteiger partial charge on any atom is -0.457 e. The summed E-state index contributed by atoms with van der Waals surface area (Å²) in [7, 11) is 0. The summed E-state index contributed by atoms with van der Waals surface area (Å²) in [6.45, 7) is 2.28. The van der Waals surface area contributed by atoms with Gasteiger partial charge in [0, 0.05) is 29.4 Å². The quantitative estimate of drug-likeness (QED) is 0.274. The average Bonchev–Trinajstić information content (AvgIpc) is 3.31. The highest BCUT2D eigenvalue weighted by Gasteiger charge is 2.16. The highest BCUT2D eigenvalue weighted by molar-refractivity contribution is 6.05. The second-order valence-corrected chi connectivity index (χ2v) is 7.87. The molecule has 0 bridgehead atoms. The molecule has 0 spiro atoms. The van der Waals surface area contributed by atoms with Crippen molar-refractivity contribution in [3.8, 4) is 11.3 Å². The number of amides is 2. The molecule has 0 saturated heterocycles. The molecule has 2 amide bonds. The summed E-state index contributed by atoms with van der Waals surface area (Å²) in [6, 6.07) is 27.5. The number of carbonyl (C=O) groups excluding carboxylic acids is 2. The monoisotopic (exact) mass is 451 g/mol. The van der Waals surface area contributed by atoms with E-state index < -0.39 is 11.8 Å². The summed E-state index contributed by atoms with van der Waals surface area (Å²) in [6.07, 6.45) is 1.52. The van der Waals surface area contributed by atoms with Crippen LogP contribution in [0.2, 0.25) is 0 Å². The first-order valence-corrected chi connectivity index (χ1v) is 10.9. The van der Waals surface area contributed by atoms with Crippen molar-refractivity contribution < 1.29 is 14.0 Å². The third-order valence-electron chi connectivity index (χ3n) is 5.18. The van der Waals surface area contributed by atoms with Crippen LogP contribution >= 0.6 is 0 Å². The maximum absolute atomic E-state index is 13.0. The van der Waals surface area contributed by atoms with Crippen LogP contribution in [0.3, 0.4) is 0 Å². The van der Waals surface area contributed by atoms with Crippen LogP contribution < -0.4 is 16.4 Å². The number of carbonyl (C=O) groups is 2. The lowest BCUT2D eigenvalue weighted by Gasteiger charge is -2.11. The highest BCUT2D eigenvalue weighted by Crippen LogP contribution is 2.23. The van der Waals surface area contributed by atoms with Crippen LogP contribution in [0.1, 0.15) is 27.2 Å². The SMILES string of the molecule is Cc1ccc(-c2ccc(C=C(NC(=O)c3ccccc3)C(=O)NCc3cccc(N)c3)o2)cc1. The molecule has 0 atom stereocenters. The van der Waals surface area contributed by atoms with Gasteiger partial charge in [-0.25, -0.2) is 0 Å². The summed E-state index contributed by atoms with van der Waals surface area (Å²) in [5, 5.41) is 5.54. The first-order chi connectivity index (χ1) is 16.5. The molecule has 0 radical (unpaired) electrons. The molecule has 4 N–H and O–H groups in total. The Morgan fingerprint density at radius 3 is 2.41 bits per heavy atom. The van der Waals surface area contributed by atoms with Gasteiger partial charge in [-0.3, -0.25) is 9.59 Å². The molecule has 0 unspecified atom stereocenters. The average molecular weight is 452 g/mol. The van der Waals surface area contributed by atoms with Gasteiger partial charge in [0.15, 0.2) is 0 Å². The normalized spacial score (nSPS) is 11.1. The van der Waals surface area contributed by atoms with Crippen LogP contribution in [-0.4, -0.2) is 11.8 Å². The van der Waals surface area contributed by atoms with E-state index in [0.717, 1.165) is 16.7 Å². The fourth-order valence-corrected chi connectivity index (χ4v) is 3.37. The van der Waals surface area contributed by atoms with Gasteiger partial charge < -0.3 is 20.8 Å². The van der Waals surface area contributed by atoms with Crippen LogP contribution in [0, 0.1) is 6.92 Å². The van der Waals surface area contributed by atoms with Gasteiger partial charge in [0.05, 0.1) is 0 Å². The maximum Gasteiger partial charge on any atom is 0.268 e. The maximum atomic E-state index is 13.0. The third kappa shape index (κ3) is 5.81. The first-order valence-electron chi connectivity index (χ1n) is 10.9.